The number of carbonyl (C=O) groups excluding carboxylic acids is 2. The SMILES string of the molecule is Cc1cc(C(C)(C)C)cc(C)c1CCNC(=O)[C@H]1CC[C@H](C(F)(F)F)NC1=O. The summed E-state index contributed by atoms with van der Waals surface area (Å²) in [4.78, 5) is 24.2. The normalized spacial score (nSPS) is 20.6. The molecule has 0 aromatic heterocycles. The zero-order valence-corrected chi connectivity index (χ0v) is 17.1. The number of amides is 2. The second kappa shape index (κ2) is 8.13. The van der Waals surface area contributed by atoms with Crippen molar-refractivity contribution in [2.24, 2.45) is 5.92 Å². The van der Waals surface area contributed by atoms with Gasteiger partial charge in [0.1, 0.15) is 12.0 Å². The number of halogens is 3. The Morgan fingerprint density at radius 2 is 1.71 bits per heavy atom. The van der Waals surface area contributed by atoms with E-state index in [1.807, 2.05) is 19.2 Å². The largest absolute Gasteiger partial charge is 0.408 e. The first-order valence-corrected chi connectivity index (χ1v) is 9.56. The summed E-state index contributed by atoms with van der Waals surface area (Å²) in [5.41, 5.74) is 4.71. The highest BCUT2D eigenvalue weighted by Gasteiger charge is 2.45. The van der Waals surface area contributed by atoms with Crippen molar-refractivity contribution in [3.8, 4) is 0 Å². The molecule has 4 nitrogen and oxygen atoms in total. The van der Waals surface area contributed by atoms with Gasteiger partial charge in [0.25, 0.3) is 0 Å². The fourth-order valence-corrected chi connectivity index (χ4v) is 3.56. The quantitative estimate of drug-likeness (QED) is 0.760. The lowest BCUT2D eigenvalue weighted by atomic mass is 9.83. The molecule has 0 bridgehead atoms. The molecule has 156 valence electrons. The standard InChI is InChI=1S/C21H29F3N2O2/c1-12-10-14(20(3,4)5)11-13(2)15(12)8-9-25-18(27)16-6-7-17(21(22,23)24)26-19(16)28/h10-11,16-17H,6-9H2,1-5H3,(H,25,27)(H,26,28)/t16-,17-/m1/s1. The molecule has 1 aliphatic rings. The van der Waals surface area contributed by atoms with Crippen LogP contribution in [0.3, 0.4) is 0 Å². The number of piperidine rings is 1. The minimum absolute atomic E-state index is 0.0465. The second-order valence-electron chi connectivity index (χ2n) is 8.61. The number of alkyl halides is 3. The van der Waals surface area contributed by atoms with E-state index in [0.717, 1.165) is 16.7 Å². The van der Waals surface area contributed by atoms with Crippen LogP contribution in [0.1, 0.15) is 55.9 Å². The van der Waals surface area contributed by atoms with Gasteiger partial charge in [-0.2, -0.15) is 13.2 Å². The molecule has 2 rings (SSSR count). The zero-order valence-electron chi connectivity index (χ0n) is 17.1. The van der Waals surface area contributed by atoms with Crippen molar-refractivity contribution in [1.29, 1.82) is 0 Å². The Morgan fingerprint density at radius 1 is 1.14 bits per heavy atom. The Balaban J connectivity index is 1.94. The smallest absolute Gasteiger partial charge is 0.355 e. The van der Waals surface area contributed by atoms with Gasteiger partial charge in [-0.25, -0.2) is 0 Å². The van der Waals surface area contributed by atoms with Crippen LogP contribution in [-0.4, -0.2) is 30.6 Å². The van der Waals surface area contributed by atoms with Gasteiger partial charge >= 0.3 is 6.18 Å². The van der Waals surface area contributed by atoms with Crippen molar-refractivity contribution >= 4 is 11.8 Å². The van der Waals surface area contributed by atoms with E-state index in [4.69, 9.17) is 0 Å². The Labute approximate surface area is 164 Å². The number of aryl methyl sites for hydroxylation is 2. The van der Waals surface area contributed by atoms with Crippen molar-refractivity contribution < 1.29 is 22.8 Å². The summed E-state index contributed by atoms with van der Waals surface area (Å²) in [6.07, 6.45) is -4.25. The lowest BCUT2D eigenvalue weighted by Gasteiger charge is -2.29. The summed E-state index contributed by atoms with van der Waals surface area (Å²) in [6, 6.07) is 2.43. The van der Waals surface area contributed by atoms with E-state index < -0.39 is 30.0 Å². The summed E-state index contributed by atoms with van der Waals surface area (Å²) in [6.45, 7) is 10.9. The maximum absolute atomic E-state index is 12.7. The van der Waals surface area contributed by atoms with Crippen molar-refractivity contribution in [1.82, 2.24) is 10.6 Å². The first-order valence-electron chi connectivity index (χ1n) is 9.56. The summed E-state index contributed by atoms with van der Waals surface area (Å²) in [5.74, 6) is -2.43. The Hall–Kier alpha value is -2.05. The Bertz CT molecular complexity index is 728. The van der Waals surface area contributed by atoms with Crippen LogP contribution < -0.4 is 10.6 Å². The summed E-state index contributed by atoms with van der Waals surface area (Å²) < 4.78 is 38.1. The van der Waals surface area contributed by atoms with Gasteiger partial charge in [-0.3, -0.25) is 9.59 Å². The molecule has 0 aliphatic carbocycles. The van der Waals surface area contributed by atoms with Gasteiger partial charge < -0.3 is 10.6 Å². The van der Waals surface area contributed by atoms with Gasteiger partial charge in [0.2, 0.25) is 11.8 Å². The Morgan fingerprint density at radius 3 is 2.18 bits per heavy atom. The van der Waals surface area contributed by atoms with Crippen LogP contribution in [0.5, 0.6) is 0 Å². The molecule has 1 fully saturated rings. The molecule has 2 atom stereocenters. The van der Waals surface area contributed by atoms with Crippen LogP contribution in [0.15, 0.2) is 12.1 Å². The van der Waals surface area contributed by atoms with E-state index in [1.165, 1.54) is 5.56 Å². The molecule has 0 radical (unpaired) electrons. The van der Waals surface area contributed by atoms with Crippen LogP contribution in [0, 0.1) is 19.8 Å². The molecule has 7 heteroatoms. The molecule has 1 aromatic carbocycles. The van der Waals surface area contributed by atoms with Crippen LogP contribution in [0.2, 0.25) is 0 Å². The fraction of sp³-hybridized carbons (Fsp3) is 0.619. The van der Waals surface area contributed by atoms with Gasteiger partial charge in [-0.15, -0.1) is 0 Å². The number of benzene rings is 1. The van der Waals surface area contributed by atoms with E-state index in [9.17, 15) is 22.8 Å². The number of rotatable bonds is 4. The number of hydrogen-bond donors (Lipinski definition) is 2. The van der Waals surface area contributed by atoms with E-state index in [-0.39, 0.29) is 18.3 Å². The first kappa shape index (κ1) is 22.2. The topological polar surface area (TPSA) is 58.2 Å². The summed E-state index contributed by atoms with van der Waals surface area (Å²) >= 11 is 0. The zero-order chi connectivity index (χ0) is 21.3. The molecule has 1 saturated heterocycles. The highest BCUT2D eigenvalue weighted by atomic mass is 19.4. The van der Waals surface area contributed by atoms with Gasteiger partial charge in [0.05, 0.1) is 0 Å². The number of nitrogens with one attached hydrogen (secondary N) is 2. The predicted octanol–water partition coefficient (Wildman–Crippen LogP) is 3.72. The second-order valence-corrected chi connectivity index (χ2v) is 8.61. The highest BCUT2D eigenvalue weighted by Crippen LogP contribution is 2.29. The maximum atomic E-state index is 12.7. The monoisotopic (exact) mass is 398 g/mol. The van der Waals surface area contributed by atoms with E-state index in [0.29, 0.717) is 13.0 Å². The van der Waals surface area contributed by atoms with E-state index in [2.05, 4.69) is 38.2 Å². The van der Waals surface area contributed by atoms with E-state index >= 15 is 0 Å². The summed E-state index contributed by atoms with van der Waals surface area (Å²) in [7, 11) is 0. The minimum Gasteiger partial charge on any atom is -0.355 e. The minimum atomic E-state index is -4.48. The molecule has 2 amide bonds. The molecule has 2 N–H and O–H groups in total. The molecular weight excluding hydrogens is 369 g/mol. The third-order valence-electron chi connectivity index (χ3n) is 5.32. The highest BCUT2D eigenvalue weighted by molar-refractivity contribution is 6.00. The van der Waals surface area contributed by atoms with Crippen molar-refractivity contribution in [2.45, 2.75) is 71.5 Å². The van der Waals surface area contributed by atoms with Crippen LogP contribution >= 0.6 is 0 Å². The van der Waals surface area contributed by atoms with E-state index in [1.54, 1.807) is 0 Å². The average Bonchev–Trinajstić information content (AvgIpc) is 2.55. The molecular formula is C21H29F3N2O2. The molecule has 0 unspecified atom stereocenters. The van der Waals surface area contributed by atoms with Crippen molar-refractivity contribution in [3.05, 3.63) is 34.4 Å². The Kier molecular flexibility index (Phi) is 6.46. The van der Waals surface area contributed by atoms with Gasteiger partial charge in [-0.05, 0) is 60.8 Å². The average molecular weight is 398 g/mol. The molecule has 0 saturated carbocycles. The molecule has 1 aromatic rings. The predicted molar refractivity (Wildman–Crippen MR) is 102 cm³/mol. The fourth-order valence-electron chi connectivity index (χ4n) is 3.56. The van der Waals surface area contributed by atoms with Gasteiger partial charge in [-0.1, -0.05) is 32.9 Å². The number of carbonyl (C=O) groups is 2. The lowest BCUT2D eigenvalue weighted by molar-refractivity contribution is -0.171. The molecule has 0 spiro atoms. The van der Waals surface area contributed by atoms with Crippen molar-refractivity contribution in [2.75, 3.05) is 6.54 Å². The first-order chi connectivity index (χ1) is 12.8. The molecule has 28 heavy (non-hydrogen) atoms. The van der Waals surface area contributed by atoms with Gasteiger partial charge in [0, 0.05) is 6.54 Å². The van der Waals surface area contributed by atoms with Crippen LogP contribution in [-0.2, 0) is 21.4 Å². The third-order valence-corrected chi connectivity index (χ3v) is 5.32. The van der Waals surface area contributed by atoms with Crippen LogP contribution in [0.4, 0.5) is 13.2 Å². The van der Waals surface area contributed by atoms with Crippen molar-refractivity contribution in [3.63, 3.8) is 0 Å². The molecule has 1 heterocycles. The van der Waals surface area contributed by atoms with Gasteiger partial charge in [0.15, 0.2) is 0 Å². The summed E-state index contributed by atoms with van der Waals surface area (Å²) in [5, 5.41) is 4.61. The van der Waals surface area contributed by atoms with Crippen LogP contribution in [0.25, 0.3) is 0 Å². The third kappa shape index (κ3) is 5.26. The lowest BCUT2D eigenvalue weighted by Crippen LogP contribution is -2.54. The number of hydrogen-bond acceptors (Lipinski definition) is 2. The molecule has 1 aliphatic heterocycles. The maximum Gasteiger partial charge on any atom is 0.408 e.